The van der Waals surface area contributed by atoms with Crippen molar-refractivity contribution in [2.45, 2.75) is 37.5 Å². The zero-order valence-corrected chi connectivity index (χ0v) is 15.6. The van der Waals surface area contributed by atoms with Crippen LogP contribution in [-0.2, 0) is 22.9 Å². The van der Waals surface area contributed by atoms with E-state index in [1.54, 1.807) is 12.1 Å². The minimum absolute atomic E-state index is 0.101. The number of carbonyl (C=O) groups is 1. The molecule has 1 aliphatic rings. The minimum atomic E-state index is -3.85. The maximum Gasteiger partial charge on any atom is 0.262 e. The Kier molecular flexibility index (Phi) is 4.26. The van der Waals surface area contributed by atoms with Crippen molar-refractivity contribution in [2.75, 3.05) is 4.72 Å². The van der Waals surface area contributed by atoms with E-state index < -0.39 is 15.8 Å². The average Bonchev–Trinajstić information content (AvgIpc) is 3.01. The summed E-state index contributed by atoms with van der Waals surface area (Å²) in [5.74, 6) is -0.333. The van der Waals surface area contributed by atoms with Crippen LogP contribution in [0.1, 0.15) is 41.4 Å². The van der Waals surface area contributed by atoms with Gasteiger partial charge in [-0.05, 0) is 61.2 Å². The molecule has 0 spiro atoms. The maximum absolute atomic E-state index is 13.1. The van der Waals surface area contributed by atoms with Crippen LogP contribution < -0.4 is 4.72 Å². The SMILES string of the molecule is CCc1cc2c3c([nH]c2cc1S(=O)(=O)Nc1ccc(F)cc1)CCCC3=O. The summed E-state index contributed by atoms with van der Waals surface area (Å²) in [7, 11) is -3.85. The zero-order valence-electron chi connectivity index (χ0n) is 14.8. The second kappa shape index (κ2) is 6.49. The Morgan fingerprint density at radius 3 is 2.59 bits per heavy atom. The van der Waals surface area contributed by atoms with Gasteiger partial charge in [-0.3, -0.25) is 9.52 Å². The lowest BCUT2D eigenvalue weighted by atomic mass is 9.94. The van der Waals surface area contributed by atoms with Gasteiger partial charge >= 0.3 is 0 Å². The molecule has 1 aromatic heterocycles. The van der Waals surface area contributed by atoms with Gasteiger partial charge in [0.2, 0.25) is 0 Å². The van der Waals surface area contributed by atoms with Crippen LogP contribution in [0.2, 0.25) is 0 Å². The second-order valence-electron chi connectivity index (χ2n) is 6.73. The first-order valence-electron chi connectivity index (χ1n) is 8.88. The van der Waals surface area contributed by atoms with Crippen molar-refractivity contribution in [1.82, 2.24) is 4.98 Å². The Bertz CT molecular complexity index is 1150. The summed E-state index contributed by atoms with van der Waals surface area (Å²) < 4.78 is 41.4. The molecule has 1 aliphatic carbocycles. The van der Waals surface area contributed by atoms with Gasteiger partial charge in [-0.25, -0.2) is 12.8 Å². The lowest BCUT2D eigenvalue weighted by Gasteiger charge is -2.13. The molecule has 0 amide bonds. The van der Waals surface area contributed by atoms with Crippen molar-refractivity contribution in [3.8, 4) is 0 Å². The molecule has 0 saturated carbocycles. The predicted molar refractivity (Wildman–Crippen MR) is 102 cm³/mol. The highest BCUT2D eigenvalue weighted by molar-refractivity contribution is 7.92. The number of fused-ring (bicyclic) bond motifs is 3. The number of aromatic nitrogens is 1. The van der Waals surface area contributed by atoms with Gasteiger partial charge in [-0.1, -0.05) is 6.92 Å². The van der Waals surface area contributed by atoms with Crippen molar-refractivity contribution in [1.29, 1.82) is 0 Å². The van der Waals surface area contributed by atoms with Crippen LogP contribution in [0.25, 0.3) is 10.9 Å². The fraction of sp³-hybridized carbons (Fsp3) is 0.250. The first kappa shape index (κ1) is 17.7. The molecule has 2 aromatic carbocycles. The second-order valence-corrected chi connectivity index (χ2v) is 8.38. The van der Waals surface area contributed by atoms with Gasteiger partial charge in [-0.15, -0.1) is 0 Å². The van der Waals surface area contributed by atoms with Crippen LogP contribution in [0.4, 0.5) is 10.1 Å². The third-order valence-electron chi connectivity index (χ3n) is 4.93. The quantitative estimate of drug-likeness (QED) is 0.706. The largest absolute Gasteiger partial charge is 0.358 e. The van der Waals surface area contributed by atoms with E-state index in [0.29, 0.717) is 35.2 Å². The van der Waals surface area contributed by atoms with Gasteiger partial charge in [0.1, 0.15) is 5.82 Å². The minimum Gasteiger partial charge on any atom is -0.358 e. The van der Waals surface area contributed by atoms with Crippen molar-refractivity contribution in [2.24, 2.45) is 0 Å². The highest BCUT2D eigenvalue weighted by Gasteiger charge is 2.25. The molecule has 4 rings (SSSR count). The number of halogens is 1. The van der Waals surface area contributed by atoms with Gasteiger partial charge in [0, 0.05) is 34.3 Å². The summed E-state index contributed by atoms with van der Waals surface area (Å²) >= 11 is 0. The summed E-state index contributed by atoms with van der Waals surface area (Å²) in [6.07, 6.45) is 2.61. The van der Waals surface area contributed by atoms with E-state index in [2.05, 4.69) is 9.71 Å². The van der Waals surface area contributed by atoms with Crippen LogP contribution in [-0.4, -0.2) is 19.2 Å². The monoisotopic (exact) mass is 386 g/mol. The highest BCUT2D eigenvalue weighted by Crippen LogP contribution is 2.33. The first-order valence-corrected chi connectivity index (χ1v) is 10.4. The van der Waals surface area contributed by atoms with Crippen molar-refractivity contribution < 1.29 is 17.6 Å². The van der Waals surface area contributed by atoms with Crippen LogP contribution >= 0.6 is 0 Å². The highest BCUT2D eigenvalue weighted by atomic mass is 32.2. The lowest BCUT2D eigenvalue weighted by molar-refractivity contribution is 0.0974. The standard InChI is InChI=1S/C20H19FN2O3S/c1-2-12-10-15-17(22-16-4-3-5-18(24)20(15)16)11-19(12)27(25,26)23-14-8-6-13(21)7-9-14/h6-11,22-23H,2-5H2,1H3. The predicted octanol–water partition coefficient (Wildman–Crippen LogP) is 4.19. The van der Waals surface area contributed by atoms with E-state index in [1.165, 1.54) is 24.3 Å². The molecule has 0 unspecified atom stereocenters. The lowest BCUT2D eigenvalue weighted by Crippen LogP contribution is -2.15. The number of benzene rings is 2. The summed E-state index contributed by atoms with van der Waals surface area (Å²) in [4.78, 5) is 15.7. The van der Waals surface area contributed by atoms with Crippen LogP contribution in [0.5, 0.6) is 0 Å². The normalized spacial score (nSPS) is 14.4. The Balaban J connectivity index is 1.83. The third kappa shape index (κ3) is 3.12. The molecule has 0 saturated heterocycles. The van der Waals surface area contributed by atoms with Crippen molar-refractivity contribution in [3.05, 3.63) is 59.0 Å². The smallest absolute Gasteiger partial charge is 0.262 e. The topological polar surface area (TPSA) is 79.0 Å². The zero-order chi connectivity index (χ0) is 19.2. The molecular weight excluding hydrogens is 367 g/mol. The number of ketones is 1. The molecule has 1 heterocycles. The summed E-state index contributed by atoms with van der Waals surface area (Å²) in [6.45, 7) is 1.87. The number of hydrogen-bond acceptors (Lipinski definition) is 3. The van der Waals surface area contributed by atoms with Crippen molar-refractivity contribution >= 4 is 32.4 Å². The summed E-state index contributed by atoms with van der Waals surface area (Å²) in [5.41, 5.74) is 3.15. The number of aromatic amines is 1. The van der Waals surface area contributed by atoms with E-state index in [-0.39, 0.29) is 10.7 Å². The number of rotatable bonds is 4. The number of carbonyl (C=O) groups excluding carboxylic acids is 1. The summed E-state index contributed by atoms with van der Waals surface area (Å²) in [6, 6.07) is 8.55. The fourth-order valence-corrected chi connectivity index (χ4v) is 5.01. The van der Waals surface area contributed by atoms with Crippen LogP contribution in [0.15, 0.2) is 41.3 Å². The maximum atomic E-state index is 13.1. The number of hydrogen-bond donors (Lipinski definition) is 2. The van der Waals surface area contributed by atoms with Gasteiger partial charge in [0.25, 0.3) is 10.0 Å². The van der Waals surface area contributed by atoms with E-state index in [4.69, 9.17) is 0 Å². The molecule has 3 aromatic rings. The number of nitrogens with one attached hydrogen (secondary N) is 2. The summed E-state index contributed by atoms with van der Waals surface area (Å²) in [5, 5.41) is 0.785. The van der Waals surface area contributed by atoms with Crippen LogP contribution in [0.3, 0.4) is 0 Å². The Morgan fingerprint density at radius 2 is 1.89 bits per heavy atom. The Hall–Kier alpha value is -2.67. The average molecular weight is 386 g/mol. The van der Waals surface area contributed by atoms with E-state index in [0.717, 1.165) is 23.9 Å². The number of anilines is 1. The molecule has 0 radical (unpaired) electrons. The molecule has 5 nitrogen and oxygen atoms in total. The van der Waals surface area contributed by atoms with Gasteiger partial charge < -0.3 is 4.98 Å². The Labute approximate surface area is 156 Å². The molecule has 140 valence electrons. The molecule has 7 heteroatoms. The van der Waals surface area contributed by atoms with E-state index in [1.807, 2.05) is 6.92 Å². The third-order valence-corrected chi connectivity index (χ3v) is 6.40. The molecule has 0 atom stereocenters. The first-order chi connectivity index (χ1) is 12.9. The van der Waals surface area contributed by atoms with Gasteiger partial charge in [0.05, 0.1) is 4.90 Å². The van der Waals surface area contributed by atoms with E-state index >= 15 is 0 Å². The van der Waals surface area contributed by atoms with Gasteiger partial charge in [0.15, 0.2) is 5.78 Å². The molecule has 2 N–H and O–H groups in total. The number of sulfonamides is 1. The molecule has 0 bridgehead atoms. The van der Waals surface area contributed by atoms with E-state index in [9.17, 15) is 17.6 Å². The number of H-pyrrole nitrogens is 1. The molecule has 0 fully saturated rings. The molecule has 27 heavy (non-hydrogen) atoms. The van der Waals surface area contributed by atoms with Gasteiger partial charge in [-0.2, -0.15) is 0 Å². The fourth-order valence-electron chi connectivity index (χ4n) is 3.63. The van der Waals surface area contributed by atoms with Crippen molar-refractivity contribution in [3.63, 3.8) is 0 Å². The number of aryl methyl sites for hydroxylation is 2. The molecule has 0 aliphatic heterocycles. The number of Topliss-reactive ketones (excluding diaryl/α,β-unsaturated/α-hetero) is 1. The molecular formula is C20H19FN2O3S. The van der Waals surface area contributed by atoms with Crippen LogP contribution in [0, 0.1) is 5.82 Å². The Morgan fingerprint density at radius 1 is 1.15 bits per heavy atom.